The van der Waals surface area contributed by atoms with Gasteiger partial charge in [-0.25, -0.2) is 0 Å². The fourth-order valence-corrected chi connectivity index (χ4v) is 1.69. The van der Waals surface area contributed by atoms with Crippen LogP contribution in [0.2, 0.25) is 0 Å². The van der Waals surface area contributed by atoms with Gasteiger partial charge in [0, 0.05) is 25.7 Å². The minimum Gasteiger partial charge on any atom is -0.316 e. The van der Waals surface area contributed by atoms with Gasteiger partial charge in [-0.3, -0.25) is 0 Å². The van der Waals surface area contributed by atoms with Crippen LogP contribution in [-0.4, -0.2) is 63.2 Å². The monoisotopic (exact) mass is 215 g/mol. The first kappa shape index (κ1) is 14.9. The fraction of sp³-hybridized carbons (Fsp3) is 1.00. The topological polar surface area (TPSA) is 18.5 Å². The van der Waals surface area contributed by atoms with Crippen LogP contribution in [0.5, 0.6) is 0 Å². The molecule has 1 N–H and O–H groups in total. The van der Waals surface area contributed by atoms with Gasteiger partial charge in [0.05, 0.1) is 0 Å². The van der Waals surface area contributed by atoms with E-state index in [-0.39, 0.29) is 0 Å². The molecule has 0 heterocycles. The highest BCUT2D eigenvalue weighted by Crippen LogP contribution is 1.98. The van der Waals surface area contributed by atoms with E-state index < -0.39 is 0 Å². The van der Waals surface area contributed by atoms with Crippen LogP contribution in [0.3, 0.4) is 0 Å². The summed E-state index contributed by atoms with van der Waals surface area (Å²) in [6.45, 7) is 9.22. The summed E-state index contributed by atoms with van der Waals surface area (Å²) in [5, 5.41) is 3.37. The third kappa shape index (κ3) is 7.77. The lowest BCUT2D eigenvalue weighted by Crippen LogP contribution is -2.42. The molecule has 1 atom stereocenters. The highest BCUT2D eigenvalue weighted by atomic mass is 15.2. The second-order valence-electron chi connectivity index (χ2n) is 4.50. The molecule has 3 nitrogen and oxygen atoms in total. The molecule has 0 saturated carbocycles. The second-order valence-corrected chi connectivity index (χ2v) is 4.50. The molecule has 0 saturated heterocycles. The summed E-state index contributed by atoms with van der Waals surface area (Å²) in [6.07, 6.45) is 2.45. The van der Waals surface area contributed by atoms with Crippen molar-refractivity contribution in [2.45, 2.75) is 32.7 Å². The first-order valence-corrected chi connectivity index (χ1v) is 6.18. The van der Waals surface area contributed by atoms with Gasteiger partial charge in [0.2, 0.25) is 0 Å². The minimum atomic E-state index is 0.638. The summed E-state index contributed by atoms with van der Waals surface area (Å²) in [6, 6.07) is 0.638. The van der Waals surface area contributed by atoms with Crippen LogP contribution >= 0.6 is 0 Å². The lowest BCUT2D eigenvalue weighted by molar-refractivity contribution is 0.219. The van der Waals surface area contributed by atoms with Gasteiger partial charge >= 0.3 is 0 Å². The first-order valence-electron chi connectivity index (χ1n) is 6.18. The van der Waals surface area contributed by atoms with Gasteiger partial charge in [0.1, 0.15) is 0 Å². The van der Waals surface area contributed by atoms with Gasteiger partial charge in [0.15, 0.2) is 0 Å². The Balaban J connectivity index is 3.90. The van der Waals surface area contributed by atoms with E-state index in [0.717, 1.165) is 6.54 Å². The van der Waals surface area contributed by atoms with E-state index in [1.54, 1.807) is 0 Å². The zero-order valence-corrected chi connectivity index (χ0v) is 11.2. The molecule has 0 bridgehead atoms. The predicted octanol–water partition coefficient (Wildman–Crippen LogP) is 1.26. The normalized spacial score (nSPS) is 13.8. The number of hydrogen-bond donors (Lipinski definition) is 1. The Bertz CT molecular complexity index is 133. The summed E-state index contributed by atoms with van der Waals surface area (Å²) in [5.74, 6) is 0. The molecule has 0 spiro atoms. The summed E-state index contributed by atoms with van der Waals surface area (Å²) in [7, 11) is 6.34. The van der Waals surface area contributed by atoms with Crippen molar-refractivity contribution in [1.82, 2.24) is 15.1 Å². The van der Waals surface area contributed by atoms with E-state index in [1.165, 1.54) is 32.5 Å². The number of nitrogens with one attached hydrogen (secondary N) is 1. The third-order valence-corrected chi connectivity index (χ3v) is 2.78. The van der Waals surface area contributed by atoms with Crippen molar-refractivity contribution in [2.75, 3.05) is 47.3 Å². The van der Waals surface area contributed by atoms with Crippen LogP contribution < -0.4 is 5.32 Å². The van der Waals surface area contributed by atoms with E-state index in [0.29, 0.717) is 6.04 Å². The quantitative estimate of drug-likeness (QED) is 0.625. The molecule has 0 aromatic heterocycles. The molecule has 92 valence electrons. The molecule has 0 aliphatic heterocycles. The lowest BCUT2D eigenvalue weighted by Gasteiger charge is -2.27. The van der Waals surface area contributed by atoms with E-state index in [1.807, 2.05) is 0 Å². The van der Waals surface area contributed by atoms with E-state index >= 15 is 0 Å². The standard InChI is InChI=1S/C12H29N3/c1-6-8-15(10-9-14(4)5)11-12(7-2)13-3/h12-13H,6-11H2,1-5H3. The van der Waals surface area contributed by atoms with Gasteiger partial charge < -0.3 is 15.1 Å². The highest BCUT2D eigenvalue weighted by Gasteiger charge is 2.10. The van der Waals surface area contributed by atoms with Crippen molar-refractivity contribution in [2.24, 2.45) is 0 Å². The number of likely N-dealkylation sites (N-methyl/N-ethyl adjacent to an activating group) is 2. The highest BCUT2D eigenvalue weighted by molar-refractivity contribution is 4.69. The van der Waals surface area contributed by atoms with Gasteiger partial charge in [-0.1, -0.05) is 13.8 Å². The maximum absolute atomic E-state index is 3.37. The largest absolute Gasteiger partial charge is 0.316 e. The van der Waals surface area contributed by atoms with Crippen molar-refractivity contribution >= 4 is 0 Å². The molecule has 0 amide bonds. The zero-order valence-electron chi connectivity index (χ0n) is 11.2. The van der Waals surface area contributed by atoms with Crippen LogP contribution in [0.25, 0.3) is 0 Å². The average molecular weight is 215 g/mol. The van der Waals surface area contributed by atoms with Crippen LogP contribution in [0.4, 0.5) is 0 Å². The maximum atomic E-state index is 3.37. The maximum Gasteiger partial charge on any atom is 0.0189 e. The Morgan fingerprint density at radius 1 is 1.07 bits per heavy atom. The number of rotatable bonds is 9. The fourth-order valence-electron chi connectivity index (χ4n) is 1.69. The summed E-state index contributed by atoms with van der Waals surface area (Å²) < 4.78 is 0. The molecule has 0 rings (SSSR count). The van der Waals surface area contributed by atoms with Crippen molar-refractivity contribution in [3.63, 3.8) is 0 Å². The first-order chi connectivity index (χ1) is 7.13. The van der Waals surface area contributed by atoms with Crippen LogP contribution in [0.15, 0.2) is 0 Å². The Kier molecular flexibility index (Phi) is 9.06. The van der Waals surface area contributed by atoms with Crippen LogP contribution in [0.1, 0.15) is 26.7 Å². The Hall–Kier alpha value is -0.120. The number of hydrogen-bond acceptors (Lipinski definition) is 3. The van der Waals surface area contributed by atoms with Crippen LogP contribution in [-0.2, 0) is 0 Å². The molecule has 0 aliphatic rings. The van der Waals surface area contributed by atoms with E-state index in [4.69, 9.17) is 0 Å². The molecule has 0 aromatic rings. The molecular formula is C12H29N3. The van der Waals surface area contributed by atoms with Crippen molar-refractivity contribution < 1.29 is 0 Å². The molecule has 1 unspecified atom stereocenters. The molecule has 0 aromatic carbocycles. The minimum absolute atomic E-state index is 0.638. The van der Waals surface area contributed by atoms with Crippen molar-refractivity contribution in [1.29, 1.82) is 0 Å². The molecule has 0 aliphatic carbocycles. The van der Waals surface area contributed by atoms with Crippen LogP contribution in [0, 0.1) is 0 Å². The van der Waals surface area contributed by atoms with E-state index in [2.05, 4.69) is 50.1 Å². The van der Waals surface area contributed by atoms with Gasteiger partial charge in [-0.15, -0.1) is 0 Å². The molecular weight excluding hydrogens is 186 g/mol. The van der Waals surface area contributed by atoms with Gasteiger partial charge in [-0.2, -0.15) is 0 Å². The molecule has 3 heteroatoms. The Labute approximate surface area is 95.8 Å². The second kappa shape index (κ2) is 9.13. The summed E-state index contributed by atoms with van der Waals surface area (Å²) >= 11 is 0. The summed E-state index contributed by atoms with van der Waals surface area (Å²) in [5.41, 5.74) is 0. The molecule has 0 radical (unpaired) electrons. The van der Waals surface area contributed by atoms with Crippen molar-refractivity contribution in [3.8, 4) is 0 Å². The average Bonchev–Trinajstić information content (AvgIpc) is 2.22. The van der Waals surface area contributed by atoms with Gasteiger partial charge in [-0.05, 0) is 40.5 Å². The Morgan fingerprint density at radius 2 is 1.73 bits per heavy atom. The number of nitrogens with zero attached hydrogens (tertiary/aromatic N) is 2. The van der Waals surface area contributed by atoms with E-state index in [9.17, 15) is 0 Å². The smallest absolute Gasteiger partial charge is 0.0189 e. The van der Waals surface area contributed by atoms with Gasteiger partial charge in [0.25, 0.3) is 0 Å². The zero-order chi connectivity index (χ0) is 11.7. The molecule has 0 fully saturated rings. The molecule has 15 heavy (non-hydrogen) atoms. The van der Waals surface area contributed by atoms with Crippen molar-refractivity contribution in [3.05, 3.63) is 0 Å². The third-order valence-electron chi connectivity index (χ3n) is 2.78. The lowest BCUT2D eigenvalue weighted by atomic mass is 10.2. The summed E-state index contributed by atoms with van der Waals surface area (Å²) in [4.78, 5) is 4.81. The Morgan fingerprint density at radius 3 is 2.13 bits per heavy atom. The SMILES string of the molecule is CCCN(CCN(C)C)CC(CC)NC. The predicted molar refractivity (Wildman–Crippen MR) is 68.4 cm³/mol.